The maximum Gasteiger partial charge on any atom is 0.256 e. The summed E-state index contributed by atoms with van der Waals surface area (Å²) in [5.41, 5.74) is 6.74. The van der Waals surface area contributed by atoms with Gasteiger partial charge in [-0.1, -0.05) is 0 Å². The second-order valence-electron chi connectivity index (χ2n) is 4.44. The highest BCUT2D eigenvalue weighted by atomic mass is 16.5. The Morgan fingerprint density at radius 1 is 1.33 bits per heavy atom. The molecule has 1 amide bonds. The third kappa shape index (κ3) is 2.20. The van der Waals surface area contributed by atoms with Crippen LogP contribution in [0.25, 0.3) is 0 Å². The van der Waals surface area contributed by atoms with Gasteiger partial charge < -0.3 is 20.1 Å². The molecule has 5 heteroatoms. The van der Waals surface area contributed by atoms with Crippen LogP contribution in [0.4, 0.5) is 5.69 Å². The van der Waals surface area contributed by atoms with Crippen molar-refractivity contribution in [2.24, 2.45) is 0 Å². The standard InChI is InChI=1S/C13H18N2O3/c1-15(8-4-5-8)13(16)10-6-9(17-2)7-11(18-3)12(10)14/h6-8H,4-5,14H2,1-3H3. The number of ether oxygens (including phenoxy) is 2. The molecule has 18 heavy (non-hydrogen) atoms. The van der Waals surface area contributed by atoms with Gasteiger partial charge >= 0.3 is 0 Å². The number of nitrogens with zero attached hydrogens (tertiary/aromatic N) is 1. The number of rotatable bonds is 4. The number of methoxy groups -OCH3 is 2. The third-order valence-electron chi connectivity index (χ3n) is 3.22. The van der Waals surface area contributed by atoms with Gasteiger partial charge in [-0.05, 0) is 18.9 Å². The van der Waals surface area contributed by atoms with Crippen molar-refractivity contribution in [3.63, 3.8) is 0 Å². The summed E-state index contributed by atoms with van der Waals surface area (Å²) in [7, 11) is 4.86. The zero-order valence-corrected chi connectivity index (χ0v) is 10.9. The largest absolute Gasteiger partial charge is 0.497 e. The SMILES string of the molecule is COc1cc(OC)c(N)c(C(=O)N(C)C2CC2)c1. The summed E-state index contributed by atoms with van der Waals surface area (Å²) in [5, 5.41) is 0. The minimum absolute atomic E-state index is 0.0906. The Morgan fingerprint density at radius 3 is 2.50 bits per heavy atom. The molecule has 0 atom stereocenters. The Bertz CT molecular complexity index is 470. The van der Waals surface area contributed by atoms with Crippen LogP contribution in [0.2, 0.25) is 0 Å². The van der Waals surface area contributed by atoms with Gasteiger partial charge in [-0.2, -0.15) is 0 Å². The third-order valence-corrected chi connectivity index (χ3v) is 3.22. The van der Waals surface area contributed by atoms with E-state index in [1.807, 2.05) is 0 Å². The molecular formula is C13H18N2O3. The van der Waals surface area contributed by atoms with Gasteiger partial charge in [-0.15, -0.1) is 0 Å². The summed E-state index contributed by atoms with van der Waals surface area (Å²) >= 11 is 0. The molecule has 0 aromatic heterocycles. The summed E-state index contributed by atoms with van der Waals surface area (Å²) in [6, 6.07) is 3.66. The van der Waals surface area contributed by atoms with Gasteiger partial charge in [0.1, 0.15) is 11.5 Å². The lowest BCUT2D eigenvalue weighted by atomic mass is 10.1. The van der Waals surface area contributed by atoms with Crippen LogP contribution in [0, 0.1) is 0 Å². The first-order valence-electron chi connectivity index (χ1n) is 5.87. The first kappa shape index (κ1) is 12.5. The van der Waals surface area contributed by atoms with Gasteiger partial charge in [0.05, 0.1) is 25.5 Å². The molecular weight excluding hydrogens is 232 g/mol. The number of carbonyl (C=O) groups excluding carboxylic acids is 1. The van der Waals surface area contributed by atoms with Crippen molar-refractivity contribution >= 4 is 11.6 Å². The van der Waals surface area contributed by atoms with Crippen LogP contribution in [-0.2, 0) is 0 Å². The van der Waals surface area contributed by atoms with E-state index >= 15 is 0 Å². The van der Waals surface area contributed by atoms with Gasteiger partial charge in [0, 0.05) is 19.2 Å². The molecule has 5 nitrogen and oxygen atoms in total. The number of nitrogen functional groups attached to an aromatic ring is 1. The fourth-order valence-electron chi connectivity index (χ4n) is 1.88. The molecule has 0 bridgehead atoms. The first-order chi connectivity index (χ1) is 8.58. The molecule has 2 rings (SSSR count). The lowest BCUT2D eigenvalue weighted by molar-refractivity contribution is 0.0785. The van der Waals surface area contributed by atoms with Gasteiger partial charge in [0.15, 0.2) is 0 Å². The topological polar surface area (TPSA) is 64.8 Å². The van der Waals surface area contributed by atoms with Gasteiger partial charge in [0.25, 0.3) is 5.91 Å². The van der Waals surface area contributed by atoms with Crippen LogP contribution >= 0.6 is 0 Å². The van der Waals surface area contributed by atoms with Crippen molar-refractivity contribution < 1.29 is 14.3 Å². The molecule has 0 aliphatic heterocycles. The molecule has 0 unspecified atom stereocenters. The second-order valence-corrected chi connectivity index (χ2v) is 4.44. The minimum Gasteiger partial charge on any atom is -0.497 e. The molecule has 0 spiro atoms. The van der Waals surface area contributed by atoms with Crippen LogP contribution in [0.3, 0.4) is 0 Å². The Balaban J connectivity index is 2.38. The minimum atomic E-state index is -0.0906. The predicted octanol–water partition coefficient (Wildman–Crippen LogP) is 1.52. The van der Waals surface area contributed by atoms with E-state index in [0.29, 0.717) is 28.8 Å². The van der Waals surface area contributed by atoms with E-state index in [4.69, 9.17) is 15.2 Å². The zero-order chi connectivity index (χ0) is 13.3. The molecule has 1 aromatic rings. The molecule has 1 aromatic carbocycles. The van der Waals surface area contributed by atoms with Crippen LogP contribution < -0.4 is 15.2 Å². The van der Waals surface area contributed by atoms with Gasteiger partial charge in [-0.3, -0.25) is 4.79 Å². The zero-order valence-electron chi connectivity index (χ0n) is 10.9. The number of anilines is 1. The molecule has 1 fully saturated rings. The van der Waals surface area contributed by atoms with Crippen molar-refractivity contribution in [2.45, 2.75) is 18.9 Å². The highest BCUT2D eigenvalue weighted by Gasteiger charge is 2.31. The van der Waals surface area contributed by atoms with Crippen molar-refractivity contribution in [1.82, 2.24) is 4.90 Å². The van der Waals surface area contributed by atoms with Crippen LogP contribution in [-0.4, -0.2) is 38.1 Å². The number of nitrogens with two attached hydrogens (primary N) is 1. The van der Waals surface area contributed by atoms with E-state index in [2.05, 4.69) is 0 Å². The van der Waals surface area contributed by atoms with Gasteiger partial charge in [-0.25, -0.2) is 0 Å². The molecule has 1 saturated carbocycles. The first-order valence-corrected chi connectivity index (χ1v) is 5.87. The van der Waals surface area contributed by atoms with E-state index in [1.54, 1.807) is 31.2 Å². The average Bonchev–Trinajstić information content (AvgIpc) is 3.21. The molecule has 1 aliphatic carbocycles. The highest BCUT2D eigenvalue weighted by Crippen LogP contribution is 2.34. The van der Waals surface area contributed by atoms with E-state index in [-0.39, 0.29) is 5.91 Å². The maximum atomic E-state index is 12.3. The normalized spacial score (nSPS) is 14.2. The van der Waals surface area contributed by atoms with Crippen molar-refractivity contribution in [2.75, 3.05) is 27.0 Å². The quantitative estimate of drug-likeness (QED) is 0.823. The predicted molar refractivity (Wildman–Crippen MR) is 69.1 cm³/mol. The average molecular weight is 250 g/mol. The lowest BCUT2D eigenvalue weighted by Crippen LogP contribution is -2.29. The fourth-order valence-corrected chi connectivity index (χ4v) is 1.88. The second kappa shape index (κ2) is 4.76. The van der Waals surface area contributed by atoms with Crippen molar-refractivity contribution in [3.8, 4) is 11.5 Å². The monoisotopic (exact) mass is 250 g/mol. The van der Waals surface area contributed by atoms with E-state index in [0.717, 1.165) is 12.8 Å². The Kier molecular flexibility index (Phi) is 3.32. The van der Waals surface area contributed by atoms with Crippen LogP contribution in [0.15, 0.2) is 12.1 Å². The molecule has 0 heterocycles. The molecule has 2 N–H and O–H groups in total. The summed E-state index contributed by atoms with van der Waals surface area (Å²) in [4.78, 5) is 14.0. The summed E-state index contributed by atoms with van der Waals surface area (Å²) in [6.07, 6.45) is 2.12. The number of carbonyl (C=O) groups is 1. The Hall–Kier alpha value is -1.91. The number of hydrogen-bond acceptors (Lipinski definition) is 4. The van der Waals surface area contributed by atoms with Gasteiger partial charge in [0.2, 0.25) is 0 Å². The highest BCUT2D eigenvalue weighted by molar-refractivity contribution is 6.01. The van der Waals surface area contributed by atoms with E-state index in [1.165, 1.54) is 7.11 Å². The van der Waals surface area contributed by atoms with Crippen molar-refractivity contribution in [3.05, 3.63) is 17.7 Å². The Morgan fingerprint density at radius 2 is 2.00 bits per heavy atom. The Labute approximate surface area is 106 Å². The molecule has 0 radical (unpaired) electrons. The maximum absolute atomic E-state index is 12.3. The number of benzene rings is 1. The van der Waals surface area contributed by atoms with Crippen LogP contribution in [0.5, 0.6) is 11.5 Å². The van der Waals surface area contributed by atoms with Crippen molar-refractivity contribution in [1.29, 1.82) is 0 Å². The summed E-state index contributed by atoms with van der Waals surface area (Å²) in [5.74, 6) is 0.933. The lowest BCUT2D eigenvalue weighted by Gasteiger charge is -2.19. The molecule has 1 aliphatic rings. The number of hydrogen-bond donors (Lipinski definition) is 1. The molecule has 0 saturated heterocycles. The van der Waals surface area contributed by atoms with E-state index < -0.39 is 0 Å². The summed E-state index contributed by atoms with van der Waals surface area (Å²) in [6.45, 7) is 0. The molecule has 98 valence electrons. The smallest absolute Gasteiger partial charge is 0.256 e. The van der Waals surface area contributed by atoms with Crippen LogP contribution in [0.1, 0.15) is 23.2 Å². The summed E-state index contributed by atoms with van der Waals surface area (Å²) < 4.78 is 10.3. The number of amides is 1. The fraction of sp³-hybridized carbons (Fsp3) is 0.462. The van der Waals surface area contributed by atoms with E-state index in [9.17, 15) is 4.79 Å².